The van der Waals surface area contributed by atoms with Crippen LogP contribution in [0.1, 0.15) is 38.7 Å². The lowest BCUT2D eigenvalue weighted by Crippen LogP contribution is -2.48. The van der Waals surface area contributed by atoms with Crippen LogP contribution in [0.25, 0.3) is 0 Å². The molecule has 2 amide bonds. The fraction of sp³-hybridized carbons (Fsp3) is 0.650. The van der Waals surface area contributed by atoms with E-state index in [1.807, 2.05) is 17.9 Å². The van der Waals surface area contributed by atoms with Crippen molar-refractivity contribution in [3.05, 3.63) is 35.9 Å². The highest BCUT2D eigenvalue weighted by atomic mass is 16.3. The highest BCUT2D eigenvalue weighted by Crippen LogP contribution is 2.19. The summed E-state index contributed by atoms with van der Waals surface area (Å²) in [4.78, 5) is 16.5. The topological polar surface area (TPSA) is 55.8 Å². The monoisotopic (exact) mass is 347 g/mol. The molecule has 1 heterocycles. The van der Waals surface area contributed by atoms with Gasteiger partial charge < -0.3 is 15.3 Å². The Morgan fingerprint density at radius 3 is 2.76 bits per heavy atom. The first kappa shape index (κ1) is 19.7. The molecule has 1 aromatic carbocycles. The van der Waals surface area contributed by atoms with Crippen molar-refractivity contribution in [3.8, 4) is 0 Å². The van der Waals surface area contributed by atoms with E-state index in [0.717, 1.165) is 32.4 Å². The number of amides is 2. The minimum atomic E-state index is -0.345. The molecule has 0 bridgehead atoms. The maximum atomic E-state index is 12.3. The molecule has 1 saturated heterocycles. The third-order valence-corrected chi connectivity index (χ3v) is 5.29. The van der Waals surface area contributed by atoms with Gasteiger partial charge in [0.1, 0.15) is 0 Å². The van der Waals surface area contributed by atoms with Crippen LogP contribution in [-0.4, -0.2) is 59.8 Å². The molecule has 0 aromatic heterocycles. The molecule has 0 radical (unpaired) electrons. The first-order chi connectivity index (χ1) is 12.0. The van der Waals surface area contributed by atoms with Gasteiger partial charge in [0.2, 0.25) is 0 Å². The van der Waals surface area contributed by atoms with Crippen molar-refractivity contribution in [1.29, 1.82) is 0 Å². The maximum absolute atomic E-state index is 12.3. The smallest absolute Gasteiger partial charge is 0.317 e. The predicted octanol–water partition coefficient (Wildman–Crippen LogP) is 2.70. The number of carbonyl (C=O) groups excluding carboxylic acids is 1. The van der Waals surface area contributed by atoms with E-state index < -0.39 is 0 Å². The Hall–Kier alpha value is -1.59. The number of nitrogens with zero attached hydrogens (tertiary/aromatic N) is 2. The number of likely N-dealkylation sites (tertiary alicyclic amines) is 1. The molecule has 0 saturated carbocycles. The van der Waals surface area contributed by atoms with Crippen molar-refractivity contribution in [2.45, 2.75) is 51.8 Å². The summed E-state index contributed by atoms with van der Waals surface area (Å²) in [5.74, 6) is 0.204. The lowest BCUT2D eigenvalue weighted by Gasteiger charge is -2.34. The standard InChI is InChI=1S/C20H33N3O2/c1-16(22(3)14-18-8-5-4-6-9-18)11-12-21-20(25)23-13-7-10-19(15-23)17(2)24/h4-6,8-9,16-17,19,24H,7,10-15H2,1-3H3,(H,21,25). The van der Waals surface area contributed by atoms with Gasteiger partial charge in [0.05, 0.1) is 6.10 Å². The van der Waals surface area contributed by atoms with E-state index in [2.05, 4.69) is 48.5 Å². The van der Waals surface area contributed by atoms with Crippen LogP contribution in [0.4, 0.5) is 4.79 Å². The van der Waals surface area contributed by atoms with Crippen LogP contribution in [0.5, 0.6) is 0 Å². The molecule has 0 aliphatic carbocycles. The van der Waals surface area contributed by atoms with Crippen LogP contribution in [0.3, 0.4) is 0 Å². The van der Waals surface area contributed by atoms with E-state index in [4.69, 9.17) is 0 Å². The number of urea groups is 1. The molecule has 25 heavy (non-hydrogen) atoms. The number of carbonyl (C=O) groups is 1. The first-order valence-corrected chi connectivity index (χ1v) is 9.42. The highest BCUT2D eigenvalue weighted by Gasteiger charge is 2.26. The average Bonchev–Trinajstić information content (AvgIpc) is 2.62. The summed E-state index contributed by atoms with van der Waals surface area (Å²) in [6, 6.07) is 10.8. The van der Waals surface area contributed by atoms with Crippen molar-refractivity contribution in [3.63, 3.8) is 0 Å². The fourth-order valence-corrected chi connectivity index (χ4v) is 3.34. The van der Waals surface area contributed by atoms with Gasteiger partial charge in [-0.1, -0.05) is 30.3 Å². The number of aliphatic hydroxyl groups is 1. The second-order valence-electron chi connectivity index (χ2n) is 7.36. The van der Waals surface area contributed by atoms with Crippen LogP contribution in [0, 0.1) is 5.92 Å². The Kier molecular flexibility index (Phi) is 7.72. The molecule has 1 aromatic rings. The second-order valence-corrected chi connectivity index (χ2v) is 7.36. The van der Waals surface area contributed by atoms with Crippen LogP contribution in [0.15, 0.2) is 30.3 Å². The lowest BCUT2D eigenvalue weighted by atomic mass is 9.94. The normalized spacial score (nSPS) is 20.4. The molecule has 2 rings (SSSR count). The number of nitrogens with one attached hydrogen (secondary N) is 1. The van der Waals surface area contributed by atoms with Gasteiger partial charge in [-0.25, -0.2) is 4.79 Å². The Morgan fingerprint density at radius 1 is 1.36 bits per heavy atom. The Morgan fingerprint density at radius 2 is 2.08 bits per heavy atom. The quantitative estimate of drug-likeness (QED) is 0.797. The highest BCUT2D eigenvalue weighted by molar-refractivity contribution is 5.74. The van der Waals surface area contributed by atoms with Gasteiger partial charge in [-0.15, -0.1) is 0 Å². The largest absolute Gasteiger partial charge is 0.393 e. The molecule has 140 valence electrons. The third-order valence-electron chi connectivity index (χ3n) is 5.29. The number of hydrogen-bond acceptors (Lipinski definition) is 3. The molecule has 0 spiro atoms. The van der Waals surface area contributed by atoms with Crippen molar-refractivity contribution in [1.82, 2.24) is 15.1 Å². The SMILES string of the molecule is CC(O)C1CCCN(C(=O)NCCC(C)N(C)Cc2ccccc2)C1. The number of piperidine rings is 1. The molecule has 1 fully saturated rings. The van der Waals surface area contributed by atoms with Gasteiger partial charge in [0.15, 0.2) is 0 Å². The van der Waals surface area contributed by atoms with Gasteiger partial charge in [-0.05, 0) is 45.7 Å². The van der Waals surface area contributed by atoms with E-state index in [1.165, 1.54) is 5.56 Å². The Labute approximate surface area is 152 Å². The van der Waals surface area contributed by atoms with E-state index in [1.54, 1.807) is 0 Å². The zero-order chi connectivity index (χ0) is 18.2. The van der Waals surface area contributed by atoms with E-state index in [0.29, 0.717) is 19.1 Å². The molecular weight excluding hydrogens is 314 g/mol. The van der Waals surface area contributed by atoms with Crippen molar-refractivity contribution < 1.29 is 9.90 Å². The van der Waals surface area contributed by atoms with E-state index in [-0.39, 0.29) is 18.1 Å². The molecule has 2 N–H and O–H groups in total. The van der Waals surface area contributed by atoms with Gasteiger partial charge in [-0.2, -0.15) is 0 Å². The molecule has 3 atom stereocenters. The summed E-state index contributed by atoms with van der Waals surface area (Å²) >= 11 is 0. The summed E-state index contributed by atoms with van der Waals surface area (Å²) in [7, 11) is 2.12. The van der Waals surface area contributed by atoms with Crippen LogP contribution in [0.2, 0.25) is 0 Å². The Bertz CT molecular complexity index is 521. The molecule has 5 heteroatoms. The summed E-state index contributed by atoms with van der Waals surface area (Å²) in [5.41, 5.74) is 1.30. The second kappa shape index (κ2) is 9.78. The molecule has 1 aliphatic rings. The zero-order valence-corrected chi connectivity index (χ0v) is 15.8. The minimum absolute atomic E-state index is 0.00302. The summed E-state index contributed by atoms with van der Waals surface area (Å²) in [6.07, 6.45) is 2.55. The van der Waals surface area contributed by atoms with Gasteiger partial charge in [-0.3, -0.25) is 4.90 Å². The number of hydrogen-bond donors (Lipinski definition) is 2. The van der Waals surface area contributed by atoms with E-state index in [9.17, 15) is 9.90 Å². The van der Waals surface area contributed by atoms with Crippen LogP contribution in [-0.2, 0) is 6.54 Å². The third kappa shape index (κ3) is 6.33. The van der Waals surface area contributed by atoms with Crippen molar-refractivity contribution in [2.24, 2.45) is 5.92 Å². The molecular formula is C20H33N3O2. The number of aliphatic hydroxyl groups excluding tert-OH is 1. The first-order valence-electron chi connectivity index (χ1n) is 9.42. The molecule has 3 unspecified atom stereocenters. The van der Waals surface area contributed by atoms with Crippen LogP contribution < -0.4 is 5.32 Å². The van der Waals surface area contributed by atoms with Crippen molar-refractivity contribution in [2.75, 3.05) is 26.7 Å². The van der Waals surface area contributed by atoms with Crippen molar-refractivity contribution >= 4 is 6.03 Å². The van der Waals surface area contributed by atoms with Gasteiger partial charge in [0, 0.05) is 38.1 Å². The van der Waals surface area contributed by atoms with Crippen LogP contribution >= 0.6 is 0 Å². The fourth-order valence-electron chi connectivity index (χ4n) is 3.34. The number of rotatable bonds is 7. The summed E-state index contributed by atoms with van der Waals surface area (Å²) < 4.78 is 0. The molecule has 5 nitrogen and oxygen atoms in total. The Balaban J connectivity index is 1.69. The van der Waals surface area contributed by atoms with E-state index >= 15 is 0 Å². The zero-order valence-electron chi connectivity index (χ0n) is 15.8. The van der Waals surface area contributed by atoms with Gasteiger partial charge in [0.25, 0.3) is 0 Å². The summed E-state index contributed by atoms with van der Waals surface area (Å²) in [5, 5.41) is 12.8. The maximum Gasteiger partial charge on any atom is 0.317 e. The number of benzene rings is 1. The summed E-state index contributed by atoms with van der Waals surface area (Å²) in [6.45, 7) is 7.05. The lowest BCUT2D eigenvalue weighted by molar-refractivity contribution is 0.0738. The van der Waals surface area contributed by atoms with Gasteiger partial charge >= 0.3 is 6.03 Å². The minimum Gasteiger partial charge on any atom is -0.393 e. The predicted molar refractivity (Wildman–Crippen MR) is 101 cm³/mol. The average molecular weight is 348 g/mol. The molecule has 1 aliphatic heterocycles.